The zero-order chi connectivity index (χ0) is 14.7. The maximum atomic E-state index is 11.1. The number of aromatic nitrogens is 2. The first-order chi connectivity index (χ1) is 9.52. The van der Waals surface area contributed by atoms with Crippen LogP contribution in [0.4, 0.5) is 11.6 Å². The molecule has 104 valence electrons. The van der Waals surface area contributed by atoms with Gasteiger partial charge in [-0.3, -0.25) is 10.1 Å². The summed E-state index contributed by atoms with van der Waals surface area (Å²) >= 11 is 12.0. The molecule has 6 nitrogen and oxygen atoms in total. The number of rotatable bonds is 4. The maximum absolute atomic E-state index is 11.1. The Bertz CT molecular complexity index is 664. The van der Waals surface area contributed by atoms with Gasteiger partial charge >= 0.3 is 5.69 Å². The predicted molar refractivity (Wildman–Crippen MR) is 78.3 cm³/mol. The van der Waals surface area contributed by atoms with E-state index in [1.54, 1.807) is 12.1 Å². The molecule has 0 aliphatic carbocycles. The van der Waals surface area contributed by atoms with Crippen molar-refractivity contribution in [1.82, 2.24) is 9.97 Å². The van der Waals surface area contributed by atoms with Crippen molar-refractivity contribution in [2.75, 3.05) is 11.9 Å². The Labute approximate surface area is 124 Å². The standard InChI is InChI=1S/C12H10Cl2N4O2/c1-2-15-12-16-6-10(18(19)20)11(17-12)8-5-7(13)3-4-9(8)14/h3-6H,2H2,1H3,(H,15,16,17). The van der Waals surface area contributed by atoms with Gasteiger partial charge in [-0.1, -0.05) is 23.2 Å². The Morgan fingerprint density at radius 1 is 1.40 bits per heavy atom. The molecule has 0 aliphatic rings. The van der Waals surface area contributed by atoms with Crippen LogP contribution in [-0.4, -0.2) is 21.4 Å². The van der Waals surface area contributed by atoms with Gasteiger partial charge < -0.3 is 5.32 Å². The second kappa shape index (κ2) is 6.02. The molecule has 1 heterocycles. The molecule has 0 fully saturated rings. The van der Waals surface area contributed by atoms with Gasteiger partial charge in [0.1, 0.15) is 6.20 Å². The number of hydrogen-bond acceptors (Lipinski definition) is 5. The summed E-state index contributed by atoms with van der Waals surface area (Å²) in [5, 5.41) is 14.7. The Balaban J connectivity index is 2.65. The summed E-state index contributed by atoms with van der Waals surface area (Å²) in [4.78, 5) is 18.6. The van der Waals surface area contributed by atoms with Gasteiger partial charge in [0, 0.05) is 17.1 Å². The van der Waals surface area contributed by atoms with E-state index in [1.807, 2.05) is 6.92 Å². The normalized spacial score (nSPS) is 10.3. The summed E-state index contributed by atoms with van der Waals surface area (Å²) in [5.74, 6) is 0.296. The highest BCUT2D eigenvalue weighted by atomic mass is 35.5. The van der Waals surface area contributed by atoms with Crippen LogP contribution in [0.1, 0.15) is 6.92 Å². The third kappa shape index (κ3) is 2.97. The van der Waals surface area contributed by atoms with Gasteiger partial charge in [0.2, 0.25) is 5.95 Å². The molecule has 0 bridgehead atoms. The van der Waals surface area contributed by atoms with Crippen molar-refractivity contribution in [2.24, 2.45) is 0 Å². The summed E-state index contributed by atoms with van der Waals surface area (Å²) in [5.41, 5.74) is 0.302. The molecule has 2 aromatic rings. The molecule has 0 saturated carbocycles. The van der Waals surface area contributed by atoms with Gasteiger partial charge in [0.05, 0.1) is 9.95 Å². The number of nitro groups is 1. The van der Waals surface area contributed by atoms with Crippen LogP contribution in [0.15, 0.2) is 24.4 Å². The Kier molecular flexibility index (Phi) is 4.36. The summed E-state index contributed by atoms with van der Waals surface area (Å²) < 4.78 is 0. The van der Waals surface area contributed by atoms with E-state index in [0.29, 0.717) is 28.1 Å². The van der Waals surface area contributed by atoms with Crippen molar-refractivity contribution in [1.29, 1.82) is 0 Å². The monoisotopic (exact) mass is 312 g/mol. The molecule has 0 amide bonds. The molecule has 1 N–H and O–H groups in total. The lowest BCUT2D eigenvalue weighted by atomic mass is 10.1. The fourth-order valence-corrected chi connectivity index (χ4v) is 2.01. The summed E-state index contributed by atoms with van der Waals surface area (Å²) in [6.07, 6.45) is 1.15. The van der Waals surface area contributed by atoms with Crippen molar-refractivity contribution >= 4 is 34.8 Å². The first-order valence-corrected chi connectivity index (χ1v) is 6.49. The second-order valence-corrected chi connectivity index (χ2v) is 4.68. The molecule has 2 rings (SSSR count). The van der Waals surface area contributed by atoms with Gasteiger partial charge in [-0.05, 0) is 25.1 Å². The number of nitrogens with zero attached hydrogens (tertiary/aromatic N) is 3. The molecule has 20 heavy (non-hydrogen) atoms. The highest BCUT2D eigenvalue weighted by Crippen LogP contribution is 2.34. The first kappa shape index (κ1) is 14.5. The van der Waals surface area contributed by atoms with E-state index in [2.05, 4.69) is 15.3 Å². The van der Waals surface area contributed by atoms with E-state index in [9.17, 15) is 10.1 Å². The van der Waals surface area contributed by atoms with E-state index in [-0.39, 0.29) is 11.4 Å². The zero-order valence-electron chi connectivity index (χ0n) is 10.4. The average molecular weight is 313 g/mol. The van der Waals surface area contributed by atoms with E-state index in [0.717, 1.165) is 6.20 Å². The number of benzene rings is 1. The zero-order valence-corrected chi connectivity index (χ0v) is 11.9. The van der Waals surface area contributed by atoms with Crippen LogP contribution in [0, 0.1) is 10.1 Å². The lowest BCUT2D eigenvalue weighted by Crippen LogP contribution is -2.05. The van der Waals surface area contributed by atoms with Crippen molar-refractivity contribution in [3.8, 4) is 11.3 Å². The van der Waals surface area contributed by atoms with E-state index >= 15 is 0 Å². The van der Waals surface area contributed by atoms with Crippen LogP contribution >= 0.6 is 23.2 Å². The molecular formula is C12H10Cl2N4O2. The number of halogens is 2. The molecule has 0 atom stereocenters. The van der Waals surface area contributed by atoms with Crippen LogP contribution in [-0.2, 0) is 0 Å². The Morgan fingerprint density at radius 2 is 2.15 bits per heavy atom. The first-order valence-electron chi connectivity index (χ1n) is 5.73. The SMILES string of the molecule is CCNc1ncc([N+](=O)[O-])c(-c2cc(Cl)ccc2Cl)n1. The summed E-state index contributed by atoms with van der Waals surface area (Å²) in [7, 11) is 0. The van der Waals surface area contributed by atoms with Gasteiger partial charge in [0.15, 0.2) is 5.69 Å². The molecule has 0 radical (unpaired) electrons. The van der Waals surface area contributed by atoms with Crippen molar-refractivity contribution < 1.29 is 4.92 Å². The lowest BCUT2D eigenvalue weighted by Gasteiger charge is -2.07. The number of anilines is 1. The highest BCUT2D eigenvalue weighted by molar-refractivity contribution is 6.35. The minimum atomic E-state index is -0.553. The molecule has 0 spiro atoms. The minimum Gasteiger partial charge on any atom is -0.354 e. The molecule has 1 aromatic heterocycles. The Hall–Kier alpha value is -1.92. The third-order valence-electron chi connectivity index (χ3n) is 2.48. The second-order valence-electron chi connectivity index (χ2n) is 3.84. The van der Waals surface area contributed by atoms with Gasteiger partial charge in [0.25, 0.3) is 0 Å². The lowest BCUT2D eigenvalue weighted by molar-refractivity contribution is -0.384. The third-order valence-corrected chi connectivity index (χ3v) is 3.05. The molecule has 1 aromatic carbocycles. The molecule has 0 unspecified atom stereocenters. The highest BCUT2D eigenvalue weighted by Gasteiger charge is 2.21. The van der Waals surface area contributed by atoms with E-state index < -0.39 is 4.92 Å². The van der Waals surface area contributed by atoms with Crippen molar-refractivity contribution in [3.05, 3.63) is 44.6 Å². The van der Waals surface area contributed by atoms with Gasteiger partial charge in [-0.15, -0.1) is 0 Å². The van der Waals surface area contributed by atoms with Crippen LogP contribution in [0.25, 0.3) is 11.3 Å². The van der Waals surface area contributed by atoms with Crippen molar-refractivity contribution in [3.63, 3.8) is 0 Å². The van der Waals surface area contributed by atoms with Gasteiger partial charge in [-0.2, -0.15) is 0 Å². The van der Waals surface area contributed by atoms with E-state index in [4.69, 9.17) is 23.2 Å². The summed E-state index contributed by atoms with van der Waals surface area (Å²) in [6, 6.07) is 4.71. The van der Waals surface area contributed by atoms with Crippen molar-refractivity contribution in [2.45, 2.75) is 6.92 Å². The minimum absolute atomic E-state index is 0.133. The maximum Gasteiger partial charge on any atom is 0.313 e. The molecule has 0 saturated heterocycles. The predicted octanol–water partition coefficient (Wildman–Crippen LogP) is 3.79. The quantitative estimate of drug-likeness (QED) is 0.686. The Morgan fingerprint density at radius 3 is 2.80 bits per heavy atom. The molecule has 8 heteroatoms. The molecule has 0 aliphatic heterocycles. The fourth-order valence-electron chi connectivity index (χ4n) is 1.63. The fraction of sp³-hybridized carbons (Fsp3) is 0.167. The van der Waals surface area contributed by atoms with Crippen LogP contribution in [0.2, 0.25) is 10.0 Å². The van der Waals surface area contributed by atoms with E-state index in [1.165, 1.54) is 6.07 Å². The summed E-state index contributed by atoms with van der Waals surface area (Å²) in [6.45, 7) is 2.47. The van der Waals surface area contributed by atoms with Crippen LogP contribution in [0.3, 0.4) is 0 Å². The van der Waals surface area contributed by atoms with Crippen LogP contribution < -0.4 is 5.32 Å². The largest absolute Gasteiger partial charge is 0.354 e. The van der Waals surface area contributed by atoms with Crippen LogP contribution in [0.5, 0.6) is 0 Å². The number of nitrogens with one attached hydrogen (secondary N) is 1. The molecular weight excluding hydrogens is 303 g/mol. The smallest absolute Gasteiger partial charge is 0.313 e. The van der Waals surface area contributed by atoms with Gasteiger partial charge in [-0.25, -0.2) is 9.97 Å². The topological polar surface area (TPSA) is 81.0 Å². The average Bonchev–Trinajstić information content (AvgIpc) is 2.41. The number of hydrogen-bond donors (Lipinski definition) is 1.